The molecule has 1 fully saturated rings. The molecule has 3 aromatic rings. The highest BCUT2D eigenvalue weighted by Gasteiger charge is 2.12. The zero-order valence-electron chi connectivity index (χ0n) is 18.6. The average molecular weight is 464 g/mol. The molecule has 1 saturated heterocycles. The Balaban J connectivity index is 1.46. The number of nitrogens with zero attached hydrogens (tertiary/aromatic N) is 4. The molecule has 2 heterocycles. The smallest absolute Gasteiger partial charge is 0.228 e. The summed E-state index contributed by atoms with van der Waals surface area (Å²) in [6, 6.07) is 15.8. The number of aryl methyl sites for hydroxylation is 1. The van der Waals surface area contributed by atoms with Crippen LogP contribution in [0.5, 0.6) is 11.5 Å². The summed E-state index contributed by atoms with van der Waals surface area (Å²) in [7, 11) is 1.57. The van der Waals surface area contributed by atoms with Crippen LogP contribution in [0.4, 0.5) is 17.3 Å². The third-order valence-electron chi connectivity index (χ3n) is 5.07. The van der Waals surface area contributed by atoms with E-state index >= 15 is 0 Å². The number of rotatable bonds is 8. The van der Waals surface area contributed by atoms with Crippen LogP contribution in [0.15, 0.2) is 58.6 Å². The Morgan fingerprint density at radius 3 is 2.67 bits per heavy atom. The Labute approximate surface area is 197 Å². The topological polar surface area (TPSA) is 92.5 Å². The minimum Gasteiger partial charge on any atom is -0.493 e. The van der Waals surface area contributed by atoms with Crippen molar-refractivity contribution >= 4 is 29.1 Å². The van der Waals surface area contributed by atoms with E-state index in [2.05, 4.69) is 27.3 Å². The van der Waals surface area contributed by atoms with Crippen LogP contribution in [0.3, 0.4) is 0 Å². The standard InChI is InChI=1S/C24H25N5O3S/c1-17-16-26-24(27-18-3-5-19(6-4-18)29-10-13-31-14-11-29)28-23(17)33-20-7-8-21(32-12-9-25)22(15-20)30-2/h3-8,15-16H,10-14H2,1-2H3,(H,26,27,28). The van der Waals surface area contributed by atoms with Crippen LogP contribution >= 0.6 is 11.8 Å². The van der Waals surface area contributed by atoms with Crippen LogP contribution in [-0.4, -0.2) is 50.0 Å². The van der Waals surface area contributed by atoms with Crippen molar-refractivity contribution in [1.82, 2.24) is 9.97 Å². The molecule has 0 radical (unpaired) electrons. The van der Waals surface area contributed by atoms with Crippen LogP contribution in [0, 0.1) is 18.3 Å². The van der Waals surface area contributed by atoms with E-state index in [1.807, 2.05) is 37.3 Å². The van der Waals surface area contributed by atoms with Gasteiger partial charge in [-0.3, -0.25) is 0 Å². The second-order valence-electron chi connectivity index (χ2n) is 7.31. The fourth-order valence-electron chi connectivity index (χ4n) is 3.35. The van der Waals surface area contributed by atoms with Crippen molar-refractivity contribution in [3.8, 4) is 17.6 Å². The Bertz CT molecular complexity index is 1130. The largest absolute Gasteiger partial charge is 0.493 e. The van der Waals surface area contributed by atoms with Gasteiger partial charge in [0.1, 0.15) is 11.1 Å². The molecule has 0 amide bonds. The summed E-state index contributed by atoms with van der Waals surface area (Å²) in [4.78, 5) is 12.4. The Hall–Kier alpha value is -3.48. The van der Waals surface area contributed by atoms with E-state index in [-0.39, 0.29) is 6.61 Å². The molecule has 0 bridgehead atoms. The Kier molecular flexibility index (Phi) is 7.50. The maximum atomic E-state index is 8.73. The molecule has 2 aromatic carbocycles. The number of morpholine rings is 1. The molecule has 0 saturated carbocycles. The van der Waals surface area contributed by atoms with Crippen molar-refractivity contribution in [3.63, 3.8) is 0 Å². The van der Waals surface area contributed by atoms with Gasteiger partial charge in [0.25, 0.3) is 0 Å². The van der Waals surface area contributed by atoms with Gasteiger partial charge in [-0.15, -0.1) is 0 Å². The van der Waals surface area contributed by atoms with Crippen molar-refractivity contribution in [3.05, 3.63) is 54.2 Å². The number of nitriles is 1. The molecule has 1 N–H and O–H groups in total. The molecule has 9 heteroatoms. The first-order valence-corrected chi connectivity index (χ1v) is 11.4. The van der Waals surface area contributed by atoms with Gasteiger partial charge < -0.3 is 24.4 Å². The minimum absolute atomic E-state index is 0.0314. The molecule has 0 atom stereocenters. The normalized spacial score (nSPS) is 13.3. The number of hydrogen-bond donors (Lipinski definition) is 1. The van der Waals surface area contributed by atoms with Crippen molar-refractivity contribution < 1.29 is 14.2 Å². The van der Waals surface area contributed by atoms with E-state index in [1.54, 1.807) is 19.4 Å². The highest BCUT2D eigenvalue weighted by molar-refractivity contribution is 7.99. The number of methoxy groups -OCH3 is 1. The Morgan fingerprint density at radius 2 is 1.94 bits per heavy atom. The van der Waals surface area contributed by atoms with Gasteiger partial charge >= 0.3 is 0 Å². The van der Waals surface area contributed by atoms with E-state index in [9.17, 15) is 0 Å². The van der Waals surface area contributed by atoms with E-state index in [0.29, 0.717) is 17.4 Å². The third kappa shape index (κ3) is 5.86. The van der Waals surface area contributed by atoms with Gasteiger partial charge in [0.2, 0.25) is 5.95 Å². The lowest BCUT2D eigenvalue weighted by atomic mass is 10.2. The molecule has 0 spiro atoms. The van der Waals surface area contributed by atoms with E-state index < -0.39 is 0 Å². The van der Waals surface area contributed by atoms with Crippen molar-refractivity contribution in [2.75, 3.05) is 50.2 Å². The molecule has 4 rings (SSSR count). The summed E-state index contributed by atoms with van der Waals surface area (Å²) in [5.41, 5.74) is 3.07. The van der Waals surface area contributed by atoms with Gasteiger partial charge in [0, 0.05) is 41.1 Å². The molecular formula is C24H25N5O3S. The lowest BCUT2D eigenvalue weighted by Crippen LogP contribution is -2.36. The molecule has 33 heavy (non-hydrogen) atoms. The minimum atomic E-state index is -0.0314. The molecule has 170 valence electrons. The number of benzene rings is 2. The first-order valence-electron chi connectivity index (χ1n) is 10.6. The summed E-state index contributed by atoms with van der Waals surface area (Å²) in [5.74, 6) is 1.63. The van der Waals surface area contributed by atoms with Crippen molar-refractivity contribution in [2.45, 2.75) is 16.8 Å². The number of ether oxygens (including phenoxy) is 3. The summed E-state index contributed by atoms with van der Waals surface area (Å²) in [5, 5.41) is 12.9. The maximum Gasteiger partial charge on any atom is 0.228 e. The average Bonchev–Trinajstić information content (AvgIpc) is 2.86. The molecule has 1 aromatic heterocycles. The fraction of sp³-hybridized carbons (Fsp3) is 0.292. The van der Waals surface area contributed by atoms with E-state index in [0.717, 1.165) is 47.5 Å². The van der Waals surface area contributed by atoms with Crippen LogP contribution in [0.2, 0.25) is 0 Å². The Morgan fingerprint density at radius 1 is 1.15 bits per heavy atom. The highest BCUT2D eigenvalue weighted by atomic mass is 32.2. The number of hydrogen-bond acceptors (Lipinski definition) is 9. The quantitative estimate of drug-likeness (QED) is 0.487. The summed E-state index contributed by atoms with van der Waals surface area (Å²) in [6.45, 7) is 5.29. The van der Waals surface area contributed by atoms with E-state index in [1.165, 1.54) is 17.4 Å². The molecule has 0 aliphatic carbocycles. The zero-order valence-corrected chi connectivity index (χ0v) is 19.4. The second kappa shape index (κ2) is 10.9. The van der Waals surface area contributed by atoms with Crippen LogP contribution in [-0.2, 0) is 4.74 Å². The molecular weight excluding hydrogens is 438 g/mol. The number of anilines is 3. The van der Waals surface area contributed by atoms with Crippen molar-refractivity contribution in [2.24, 2.45) is 0 Å². The van der Waals surface area contributed by atoms with E-state index in [4.69, 9.17) is 24.5 Å². The summed E-state index contributed by atoms with van der Waals surface area (Å²) in [6.07, 6.45) is 1.81. The van der Waals surface area contributed by atoms with Gasteiger partial charge in [-0.25, -0.2) is 9.97 Å². The van der Waals surface area contributed by atoms with Gasteiger partial charge in [-0.2, -0.15) is 5.26 Å². The first-order chi connectivity index (χ1) is 16.2. The van der Waals surface area contributed by atoms with Gasteiger partial charge in [0.05, 0.1) is 20.3 Å². The predicted octanol–water partition coefficient (Wildman–Crippen LogP) is 4.43. The second-order valence-corrected chi connectivity index (χ2v) is 8.38. The molecule has 1 aliphatic heterocycles. The van der Waals surface area contributed by atoms with Crippen molar-refractivity contribution in [1.29, 1.82) is 5.26 Å². The lowest BCUT2D eigenvalue weighted by Gasteiger charge is -2.28. The fourth-order valence-corrected chi connectivity index (χ4v) is 4.22. The monoisotopic (exact) mass is 463 g/mol. The zero-order chi connectivity index (χ0) is 23.0. The molecule has 1 aliphatic rings. The number of nitrogens with one attached hydrogen (secondary N) is 1. The SMILES string of the molecule is COc1cc(Sc2nc(Nc3ccc(N4CCOCC4)cc3)ncc2C)ccc1OCC#N. The summed E-state index contributed by atoms with van der Waals surface area (Å²) < 4.78 is 16.2. The predicted molar refractivity (Wildman–Crippen MR) is 128 cm³/mol. The third-order valence-corrected chi connectivity index (χ3v) is 6.16. The van der Waals surface area contributed by atoms with Crippen LogP contribution in [0.25, 0.3) is 0 Å². The molecule has 8 nitrogen and oxygen atoms in total. The molecule has 0 unspecified atom stereocenters. The van der Waals surface area contributed by atoms with Crippen LogP contribution < -0.4 is 19.7 Å². The van der Waals surface area contributed by atoms with Gasteiger partial charge in [0.15, 0.2) is 18.1 Å². The van der Waals surface area contributed by atoms with Crippen LogP contribution in [0.1, 0.15) is 5.56 Å². The number of aromatic nitrogens is 2. The van der Waals surface area contributed by atoms with Gasteiger partial charge in [-0.05, 0) is 49.4 Å². The maximum absolute atomic E-state index is 8.73. The lowest BCUT2D eigenvalue weighted by molar-refractivity contribution is 0.122. The first kappa shape index (κ1) is 22.7. The summed E-state index contributed by atoms with van der Waals surface area (Å²) >= 11 is 1.51. The highest BCUT2D eigenvalue weighted by Crippen LogP contribution is 2.36. The van der Waals surface area contributed by atoms with Gasteiger partial charge in [-0.1, -0.05) is 11.8 Å².